The molecule has 0 bridgehead atoms. The Balaban J connectivity index is 2.26. The van der Waals surface area contributed by atoms with E-state index in [1.165, 1.54) is 24.3 Å². The van der Waals surface area contributed by atoms with Gasteiger partial charge in [0, 0.05) is 5.56 Å². The highest BCUT2D eigenvalue weighted by atomic mass is 19.1. The number of carbonyl (C=O) groups is 2. The Morgan fingerprint density at radius 1 is 1.00 bits per heavy atom. The van der Waals surface area contributed by atoms with Crippen molar-refractivity contribution < 1.29 is 14.0 Å². The largest absolute Gasteiger partial charge is 0.350 e. The minimum absolute atomic E-state index is 0.121. The van der Waals surface area contributed by atoms with E-state index in [1.54, 1.807) is 30.3 Å². The third-order valence-corrected chi connectivity index (χ3v) is 2.56. The summed E-state index contributed by atoms with van der Waals surface area (Å²) in [5.41, 5.74) is 7.65. The number of carbonyl (C=O) groups excluding carboxylic acids is 2. The van der Waals surface area contributed by atoms with E-state index in [0.717, 1.165) is 0 Å². The number of nitrogens with one attached hydrogen (secondary N) is 1. The normalized spacial score (nSPS) is 9.85. The van der Waals surface area contributed by atoms with Gasteiger partial charge < -0.3 is 5.73 Å². The van der Waals surface area contributed by atoms with Gasteiger partial charge in [0.05, 0.1) is 0 Å². The number of nitrogens with two attached hydrogens (primary N) is 1. The first-order valence-electron chi connectivity index (χ1n) is 5.79. The highest BCUT2D eigenvalue weighted by molar-refractivity contribution is 6.00. The van der Waals surface area contributed by atoms with Crippen LogP contribution in [-0.2, 0) is 0 Å². The molecule has 0 atom stereocenters. The van der Waals surface area contributed by atoms with E-state index in [1.807, 2.05) is 0 Å². The van der Waals surface area contributed by atoms with Crippen LogP contribution < -0.4 is 16.2 Å². The third-order valence-electron chi connectivity index (χ3n) is 2.56. The number of urea groups is 1. The molecule has 0 unspecified atom stereocenters. The number of anilines is 1. The van der Waals surface area contributed by atoms with Gasteiger partial charge in [-0.2, -0.15) is 5.01 Å². The number of rotatable bonds is 2. The maximum Gasteiger partial charge on any atom is 0.338 e. The Labute approximate surface area is 114 Å². The Kier molecular flexibility index (Phi) is 3.95. The van der Waals surface area contributed by atoms with Gasteiger partial charge in [0.2, 0.25) is 0 Å². The second kappa shape index (κ2) is 5.83. The van der Waals surface area contributed by atoms with E-state index in [4.69, 9.17) is 5.73 Å². The van der Waals surface area contributed by atoms with Gasteiger partial charge in [0.25, 0.3) is 5.91 Å². The third kappa shape index (κ3) is 2.92. The Bertz CT molecular complexity index is 631. The summed E-state index contributed by atoms with van der Waals surface area (Å²) in [6, 6.07) is 12.7. The Morgan fingerprint density at radius 3 is 2.20 bits per heavy atom. The number of primary amides is 1. The van der Waals surface area contributed by atoms with Crippen molar-refractivity contribution in [2.45, 2.75) is 0 Å². The van der Waals surface area contributed by atoms with Gasteiger partial charge in [-0.25, -0.2) is 9.18 Å². The van der Waals surface area contributed by atoms with Gasteiger partial charge >= 0.3 is 6.03 Å². The molecule has 2 rings (SSSR count). The van der Waals surface area contributed by atoms with Crippen LogP contribution in [0.15, 0.2) is 54.6 Å². The highest BCUT2D eigenvalue weighted by Gasteiger charge is 2.19. The molecule has 5 nitrogen and oxygen atoms in total. The lowest BCUT2D eigenvalue weighted by atomic mass is 10.2. The summed E-state index contributed by atoms with van der Waals surface area (Å²) in [4.78, 5) is 23.3. The molecule has 3 amide bonds. The van der Waals surface area contributed by atoms with Crippen molar-refractivity contribution in [3.05, 3.63) is 66.0 Å². The molecular weight excluding hydrogens is 261 g/mol. The van der Waals surface area contributed by atoms with E-state index in [-0.39, 0.29) is 5.69 Å². The van der Waals surface area contributed by atoms with Crippen LogP contribution in [0.2, 0.25) is 0 Å². The molecule has 3 N–H and O–H groups in total. The van der Waals surface area contributed by atoms with Gasteiger partial charge in [-0.3, -0.25) is 10.2 Å². The summed E-state index contributed by atoms with van der Waals surface area (Å²) in [5.74, 6) is -1.23. The molecule has 0 aliphatic rings. The summed E-state index contributed by atoms with van der Waals surface area (Å²) in [6.07, 6.45) is 0. The van der Waals surface area contributed by atoms with E-state index >= 15 is 0 Å². The molecule has 0 saturated heterocycles. The monoisotopic (exact) mass is 273 g/mol. The SMILES string of the molecule is NC(=O)N(NC(=O)c1ccccc1)c1ccccc1F. The van der Waals surface area contributed by atoms with Crippen molar-refractivity contribution in [3.63, 3.8) is 0 Å². The van der Waals surface area contributed by atoms with Crippen molar-refractivity contribution >= 4 is 17.6 Å². The lowest BCUT2D eigenvalue weighted by Crippen LogP contribution is -2.49. The molecular formula is C14H12FN3O2. The van der Waals surface area contributed by atoms with Gasteiger partial charge in [0.15, 0.2) is 0 Å². The summed E-state index contributed by atoms with van der Waals surface area (Å²) >= 11 is 0. The molecule has 0 saturated carbocycles. The Hall–Kier alpha value is -2.89. The van der Waals surface area contributed by atoms with Crippen LogP contribution in [0.4, 0.5) is 14.9 Å². The first-order chi connectivity index (χ1) is 9.59. The zero-order valence-electron chi connectivity index (χ0n) is 10.4. The minimum Gasteiger partial charge on any atom is -0.350 e. The molecule has 0 fully saturated rings. The molecule has 20 heavy (non-hydrogen) atoms. The van der Waals surface area contributed by atoms with Gasteiger partial charge in [-0.15, -0.1) is 0 Å². The quantitative estimate of drug-likeness (QED) is 0.822. The predicted molar refractivity (Wildman–Crippen MR) is 72.4 cm³/mol. The summed E-state index contributed by atoms with van der Waals surface area (Å²) in [5, 5.41) is 0.671. The fourth-order valence-corrected chi connectivity index (χ4v) is 1.62. The zero-order chi connectivity index (χ0) is 14.5. The second-order valence-corrected chi connectivity index (χ2v) is 3.93. The highest BCUT2D eigenvalue weighted by Crippen LogP contribution is 2.17. The molecule has 0 radical (unpaired) electrons. The van der Waals surface area contributed by atoms with Crippen LogP contribution in [0.5, 0.6) is 0 Å². The lowest BCUT2D eigenvalue weighted by Gasteiger charge is -2.21. The molecule has 2 aromatic carbocycles. The maximum atomic E-state index is 13.7. The summed E-state index contributed by atoms with van der Waals surface area (Å²) in [7, 11) is 0. The van der Waals surface area contributed by atoms with Gasteiger partial charge in [0.1, 0.15) is 11.5 Å². The Morgan fingerprint density at radius 2 is 1.60 bits per heavy atom. The molecule has 6 heteroatoms. The minimum atomic E-state index is -0.987. The van der Waals surface area contributed by atoms with Crippen molar-refractivity contribution in [2.75, 3.05) is 5.01 Å². The van der Waals surface area contributed by atoms with Gasteiger partial charge in [-0.1, -0.05) is 30.3 Å². The first kappa shape index (κ1) is 13.5. The standard InChI is InChI=1S/C14H12FN3O2/c15-11-8-4-5-9-12(11)18(14(16)20)17-13(19)10-6-2-1-3-7-10/h1-9H,(H2,16,20)(H,17,19). The fraction of sp³-hybridized carbons (Fsp3) is 0. The van der Waals surface area contributed by atoms with E-state index < -0.39 is 17.8 Å². The smallest absolute Gasteiger partial charge is 0.338 e. The van der Waals surface area contributed by atoms with Crippen molar-refractivity contribution in [2.24, 2.45) is 5.73 Å². The van der Waals surface area contributed by atoms with E-state index in [2.05, 4.69) is 5.43 Å². The number of hydrogen-bond donors (Lipinski definition) is 2. The molecule has 0 aromatic heterocycles. The maximum absolute atomic E-state index is 13.7. The average molecular weight is 273 g/mol. The van der Waals surface area contributed by atoms with Crippen LogP contribution in [0.1, 0.15) is 10.4 Å². The number of halogens is 1. The first-order valence-corrected chi connectivity index (χ1v) is 5.79. The molecule has 0 spiro atoms. The topological polar surface area (TPSA) is 75.4 Å². The number of para-hydroxylation sites is 1. The van der Waals surface area contributed by atoms with Crippen LogP contribution in [0.25, 0.3) is 0 Å². The van der Waals surface area contributed by atoms with Crippen LogP contribution in [0, 0.1) is 5.82 Å². The van der Waals surface area contributed by atoms with E-state index in [0.29, 0.717) is 10.6 Å². The van der Waals surface area contributed by atoms with Crippen molar-refractivity contribution in [1.82, 2.24) is 5.43 Å². The number of hydrazine groups is 1. The number of hydrogen-bond acceptors (Lipinski definition) is 2. The van der Waals surface area contributed by atoms with Crippen LogP contribution >= 0.6 is 0 Å². The number of benzene rings is 2. The van der Waals surface area contributed by atoms with Crippen molar-refractivity contribution in [3.8, 4) is 0 Å². The van der Waals surface area contributed by atoms with Crippen molar-refractivity contribution in [1.29, 1.82) is 0 Å². The second-order valence-electron chi connectivity index (χ2n) is 3.93. The number of nitrogens with zero attached hydrogens (tertiary/aromatic N) is 1. The van der Waals surface area contributed by atoms with Crippen LogP contribution in [-0.4, -0.2) is 11.9 Å². The molecule has 102 valence electrons. The molecule has 2 aromatic rings. The number of amides is 3. The average Bonchev–Trinajstić information content (AvgIpc) is 2.46. The zero-order valence-corrected chi connectivity index (χ0v) is 10.4. The van der Waals surface area contributed by atoms with E-state index in [9.17, 15) is 14.0 Å². The molecule has 0 aliphatic carbocycles. The molecule has 0 heterocycles. The summed E-state index contributed by atoms with van der Waals surface area (Å²) in [6.45, 7) is 0. The lowest BCUT2D eigenvalue weighted by molar-refractivity contribution is 0.0950. The summed E-state index contributed by atoms with van der Waals surface area (Å²) < 4.78 is 13.7. The predicted octanol–water partition coefficient (Wildman–Crippen LogP) is 2.06. The van der Waals surface area contributed by atoms with Gasteiger partial charge in [-0.05, 0) is 24.3 Å². The fourth-order valence-electron chi connectivity index (χ4n) is 1.62. The molecule has 0 aliphatic heterocycles. The van der Waals surface area contributed by atoms with Crippen LogP contribution in [0.3, 0.4) is 0 Å².